The second kappa shape index (κ2) is 3.48. The molecule has 2 fully saturated rings. The van der Waals surface area contributed by atoms with Gasteiger partial charge in [-0.15, -0.1) is 0 Å². The number of aromatic amines is 1. The third-order valence-electron chi connectivity index (χ3n) is 3.21. The molecule has 0 aromatic carbocycles. The number of hydrogen-bond donors (Lipinski definition) is 2. The van der Waals surface area contributed by atoms with Crippen molar-refractivity contribution in [1.82, 2.24) is 9.97 Å². The van der Waals surface area contributed by atoms with E-state index in [4.69, 9.17) is 10.5 Å². The number of anilines is 2. The van der Waals surface area contributed by atoms with Crippen LogP contribution >= 0.6 is 0 Å². The van der Waals surface area contributed by atoms with Crippen molar-refractivity contribution in [3.8, 4) is 0 Å². The Balaban J connectivity index is 1.92. The van der Waals surface area contributed by atoms with Crippen molar-refractivity contribution in [2.45, 2.75) is 25.0 Å². The molecular formula is C10H14N4O2. The first-order valence-corrected chi connectivity index (χ1v) is 5.47. The van der Waals surface area contributed by atoms with Crippen molar-refractivity contribution in [2.75, 3.05) is 23.7 Å². The molecule has 3 N–H and O–H groups in total. The molecule has 2 aliphatic rings. The first-order chi connectivity index (χ1) is 7.74. The summed E-state index contributed by atoms with van der Waals surface area (Å²) in [5.74, 6) is 0.587. The number of nitrogen functional groups attached to an aromatic ring is 1. The zero-order valence-corrected chi connectivity index (χ0v) is 8.85. The van der Waals surface area contributed by atoms with Gasteiger partial charge >= 0.3 is 0 Å². The zero-order valence-electron chi connectivity index (χ0n) is 8.85. The van der Waals surface area contributed by atoms with Gasteiger partial charge in [-0.1, -0.05) is 0 Å². The predicted octanol–water partition coefficient (Wildman–Crippen LogP) is -0.280. The monoisotopic (exact) mass is 222 g/mol. The van der Waals surface area contributed by atoms with E-state index in [-0.39, 0.29) is 23.5 Å². The number of H-pyrrole nitrogens is 1. The molecule has 2 aliphatic heterocycles. The zero-order chi connectivity index (χ0) is 11.1. The van der Waals surface area contributed by atoms with Gasteiger partial charge in [0, 0.05) is 13.1 Å². The predicted molar refractivity (Wildman–Crippen MR) is 59.4 cm³/mol. The minimum Gasteiger partial charge on any atom is -0.391 e. The van der Waals surface area contributed by atoms with Gasteiger partial charge in [-0.05, 0) is 12.8 Å². The number of nitrogens with two attached hydrogens (primary N) is 1. The van der Waals surface area contributed by atoms with Gasteiger partial charge in [-0.25, -0.2) is 4.98 Å². The SMILES string of the molecule is Nc1c(N2CC3CCC(C2)O3)nc[nH]c1=O. The summed E-state index contributed by atoms with van der Waals surface area (Å²) in [5.41, 5.74) is 5.66. The first-order valence-electron chi connectivity index (χ1n) is 5.47. The van der Waals surface area contributed by atoms with Crippen molar-refractivity contribution in [3.05, 3.63) is 16.7 Å². The van der Waals surface area contributed by atoms with Gasteiger partial charge in [0.15, 0.2) is 5.82 Å². The summed E-state index contributed by atoms with van der Waals surface area (Å²) < 4.78 is 5.72. The van der Waals surface area contributed by atoms with Crippen LogP contribution < -0.4 is 16.2 Å². The van der Waals surface area contributed by atoms with Crippen molar-refractivity contribution in [2.24, 2.45) is 0 Å². The van der Waals surface area contributed by atoms with Crippen molar-refractivity contribution >= 4 is 11.5 Å². The van der Waals surface area contributed by atoms with E-state index in [0.717, 1.165) is 25.9 Å². The molecule has 2 bridgehead atoms. The Kier molecular flexibility index (Phi) is 2.10. The maximum absolute atomic E-state index is 11.4. The fourth-order valence-corrected chi connectivity index (χ4v) is 2.44. The van der Waals surface area contributed by atoms with Gasteiger partial charge in [0.05, 0.1) is 18.5 Å². The van der Waals surface area contributed by atoms with Crippen molar-refractivity contribution in [3.63, 3.8) is 0 Å². The molecule has 6 nitrogen and oxygen atoms in total. The molecule has 3 rings (SSSR count). The molecule has 3 heterocycles. The lowest BCUT2D eigenvalue weighted by Gasteiger charge is -2.33. The Morgan fingerprint density at radius 1 is 1.44 bits per heavy atom. The lowest BCUT2D eigenvalue weighted by molar-refractivity contribution is 0.0302. The van der Waals surface area contributed by atoms with Gasteiger partial charge in [0.1, 0.15) is 5.69 Å². The fraction of sp³-hybridized carbons (Fsp3) is 0.600. The number of hydrogen-bond acceptors (Lipinski definition) is 5. The van der Waals surface area contributed by atoms with Crippen molar-refractivity contribution < 1.29 is 4.74 Å². The minimum atomic E-state index is -0.274. The van der Waals surface area contributed by atoms with Crippen LogP contribution in [0.25, 0.3) is 0 Å². The molecule has 0 amide bonds. The summed E-state index contributed by atoms with van der Waals surface area (Å²) in [4.78, 5) is 20.1. The average molecular weight is 222 g/mol. The molecule has 6 heteroatoms. The Morgan fingerprint density at radius 2 is 2.12 bits per heavy atom. The summed E-state index contributed by atoms with van der Waals surface area (Å²) in [7, 11) is 0. The Bertz CT molecular complexity index is 446. The molecule has 1 aromatic heterocycles. The topological polar surface area (TPSA) is 84.2 Å². The fourth-order valence-electron chi connectivity index (χ4n) is 2.44. The number of ether oxygens (including phenoxy) is 1. The summed E-state index contributed by atoms with van der Waals surface area (Å²) in [5, 5.41) is 0. The van der Waals surface area contributed by atoms with Crippen LogP contribution in [-0.4, -0.2) is 35.3 Å². The van der Waals surface area contributed by atoms with Crippen LogP contribution in [-0.2, 0) is 4.74 Å². The van der Waals surface area contributed by atoms with Gasteiger partial charge in [0.25, 0.3) is 5.56 Å². The number of aromatic nitrogens is 2. The van der Waals surface area contributed by atoms with Gasteiger partial charge in [-0.3, -0.25) is 4.79 Å². The lowest BCUT2D eigenvalue weighted by atomic mass is 10.2. The Labute approximate surface area is 92.4 Å². The molecular weight excluding hydrogens is 208 g/mol. The summed E-state index contributed by atoms with van der Waals surface area (Å²) in [6, 6.07) is 0. The molecule has 0 saturated carbocycles. The van der Waals surface area contributed by atoms with Crippen molar-refractivity contribution in [1.29, 1.82) is 0 Å². The second-order valence-electron chi connectivity index (χ2n) is 4.33. The number of fused-ring (bicyclic) bond motifs is 2. The molecule has 1 aromatic rings. The van der Waals surface area contributed by atoms with E-state index in [1.165, 1.54) is 6.33 Å². The van der Waals surface area contributed by atoms with Crippen LogP contribution in [0.3, 0.4) is 0 Å². The highest BCUT2D eigenvalue weighted by atomic mass is 16.5. The van der Waals surface area contributed by atoms with Crippen LogP contribution in [0.15, 0.2) is 11.1 Å². The minimum absolute atomic E-state index is 0.198. The number of nitrogens with one attached hydrogen (secondary N) is 1. The molecule has 2 saturated heterocycles. The highest BCUT2D eigenvalue weighted by Gasteiger charge is 2.34. The van der Waals surface area contributed by atoms with E-state index in [0.29, 0.717) is 5.82 Å². The summed E-state index contributed by atoms with van der Waals surface area (Å²) in [6.45, 7) is 1.55. The molecule has 86 valence electrons. The van der Waals surface area contributed by atoms with E-state index in [9.17, 15) is 4.79 Å². The van der Waals surface area contributed by atoms with Gasteiger partial charge in [0.2, 0.25) is 0 Å². The second-order valence-corrected chi connectivity index (χ2v) is 4.33. The molecule has 0 spiro atoms. The third kappa shape index (κ3) is 1.46. The van der Waals surface area contributed by atoms with Gasteiger partial charge in [-0.2, -0.15) is 0 Å². The quantitative estimate of drug-likeness (QED) is 0.682. The Hall–Kier alpha value is -1.56. The number of rotatable bonds is 1. The standard InChI is InChI=1S/C10H14N4O2/c11-8-9(12-5-13-10(8)15)14-3-6-1-2-7(4-14)16-6/h5-7H,1-4,11H2,(H,12,13,15). The Morgan fingerprint density at radius 3 is 2.81 bits per heavy atom. The van der Waals surface area contributed by atoms with E-state index in [1.54, 1.807) is 0 Å². The van der Waals surface area contributed by atoms with Crippen LogP contribution in [0.1, 0.15) is 12.8 Å². The van der Waals surface area contributed by atoms with Crippen LogP contribution in [0.2, 0.25) is 0 Å². The molecule has 2 atom stereocenters. The number of nitrogens with zero attached hydrogens (tertiary/aromatic N) is 2. The highest BCUT2D eigenvalue weighted by molar-refractivity contribution is 5.61. The normalized spacial score (nSPS) is 28.4. The lowest BCUT2D eigenvalue weighted by Crippen LogP contribution is -2.43. The summed E-state index contributed by atoms with van der Waals surface area (Å²) >= 11 is 0. The average Bonchev–Trinajstić information content (AvgIpc) is 2.62. The van der Waals surface area contributed by atoms with Crippen LogP contribution in [0.4, 0.5) is 11.5 Å². The maximum atomic E-state index is 11.4. The third-order valence-corrected chi connectivity index (χ3v) is 3.21. The highest BCUT2D eigenvalue weighted by Crippen LogP contribution is 2.29. The molecule has 0 aliphatic carbocycles. The van der Waals surface area contributed by atoms with E-state index in [1.807, 2.05) is 0 Å². The molecule has 0 radical (unpaired) electrons. The maximum Gasteiger partial charge on any atom is 0.276 e. The van der Waals surface area contributed by atoms with Crippen LogP contribution in [0, 0.1) is 0 Å². The molecule has 2 unspecified atom stereocenters. The summed E-state index contributed by atoms with van der Waals surface area (Å²) in [6.07, 6.45) is 4.10. The first kappa shape index (κ1) is 9.65. The van der Waals surface area contributed by atoms with E-state index in [2.05, 4.69) is 14.9 Å². The largest absolute Gasteiger partial charge is 0.391 e. The van der Waals surface area contributed by atoms with Crippen LogP contribution in [0.5, 0.6) is 0 Å². The van der Waals surface area contributed by atoms with E-state index >= 15 is 0 Å². The van der Waals surface area contributed by atoms with Gasteiger partial charge < -0.3 is 20.4 Å². The smallest absolute Gasteiger partial charge is 0.276 e. The van der Waals surface area contributed by atoms with E-state index < -0.39 is 0 Å². The number of morpholine rings is 1. The molecule has 16 heavy (non-hydrogen) atoms.